The van der Waals surface area contributed by atoms with Crippen LogP contribution in [0.3, 0.4) is 0 Å². The number of aromatic nitrogens is 2. The van der Waals surface area contributed by atoms with Gasteiger partial charge in [0.2, 0.25) is 10.0 Å². The molecule has 254 valence electrons. The predicted octanol–water partition coefficient (Wildman–Crippen LogP) is 7.08. The lowest BCUT2D eigenvalue weighted by Crippen LogP contribution is -2.49. The maximum atomic E-state index is 14.6. The molecular weight excluding hydrogens is 656 g/mol. The number of imidazole rings is 1. The minimum absolute atomic E-state index is 0.0304. The average molecular weight is 696 g/mol. The molecule has 1 amide bonds. The number of rotatable bonds is 8. The summed E-state index contributed by atoms with van der Waals surface area (Å²) in [7, 11) is -3.77. The molecule has 1 unspecified atom stereocenters. The standard InChI is InChI=1S/C36H40ClF2N5O3S/c1-23-40-32-8-3-4-9-34(32)44(23)28-19-26-10-11-27(20-28)43(26)17-14-36(24-6-5-7-25(38)18-24)12-15-42(16-13-36)35(45)29-21-33(41-48(2,46)47)31(39)22-30(29)37/h3-9,18,21-22,26-28,41H,10-17,19-20H2,1-2H3/t26-,27+,28?. The van der Waals surface area contributed by atoms with Crippen molar-refractivity contribution in [1.82, 2.24) is 19.4 Å². The van der Waals surface area contributed by atoms with Crippen molar-refractivity contribution in [3.05, 3.63) is 94.3 Å². The van der Waals surface area contributed by atoms with Gasteiger partial charge in [-0.25, -0.2) is 22.2 Å². The van der Waals surface area contributed by atoms with Gasteiger partial charge in [-0.15, -0.1) is 0 Å². The molecule has 0 aliphatic carbocycles. The number of carbonyl (C=O) groups excluding carboxylic acids is 1. The predicted molar refractivity (Wildman–Crippen MR) is 184 cm³/mol. The van der Waals surface area contributed by atoms with Crippen molar-refractivity contribution in [1.29, 1.82) is 0 Å². The van der Waals surface area contributed by atoms with Crippen LogP contribution in [0.4, 0.5) is 14.5 Å². The molecule has 0 radical (unpaired) electrons. The van der Waals surface area contributed by atoms with E-state index in [1.54, 1.807) is 17.0 Å². The number of para-hydroxylation sites is 2. The molecule has 2 bridgehead atoms. The number of anilines is 1. The normalized spacial score (nSPS) is 22.7. The van der Waals surface area contributed by atoms with Crippen LogP contribution in [0.5, 0.6) is 0 Å². The van der Waals surface area contributed by atoms with Crippen LogP contribution < -0.4 is 4.72 Å². The largest absolute Gasteiger partial charge is 0.339 e. The highest BCUT2D eigenvalue weighted by molar-refractivity contribution is 7.92. The van der Waals surface area contributed by atoms with Crippen LogP contribution in [-0.2, 0) is 15.4 Å². The van der Waals surface area contributed by atoms with E-state index >= 15 is 0 Å². The molecule has 8 nitrogen and oxygen atoms in total. The topological polar surface area (TPSA) is 87.5 Å². The lowest BCUT2D eigenvalue weighted by molar-refractivity contribution is 0.0606. The van der Waals surface area contributed by atoms with Crippen molar-refractivity contribution in [3.63, 3.8) is 0 Å². The van der Waals surface area contributed by atoms with E-state index in [4.69, 9.17) is 16.6 Å². The third-order valence-electron chi connectivity index (χ3n) is 10.9. The highest BCUT2D eigenvalue weighted by atomic mass is 35.5. The third-order valence-corrected chi connectivity index (χ3v) is 11.8. The van der Waals surface area contributed by atoms with Crippen LogP contribution in [0.2, 0.25) is 5.02 Å². The third kappa shape index (κ3) is 6.32. The maximum Gasteiger partial charge on any atom is 0.255 e. The highest BCUT2D eigenvalue weighted by Gasteiger charge is 2.44. The Bertz CT molecular complexity index is 1960. The van der Waals surface area contributed by atoms with E-state index in [-0.39, 0.29) is 27.5 Å². The second kappa shape index (κ2) is 12.7. The number of hydrogen-bond acceptors (Lipinski definition) is 5. The van der Waals surface area contributed by atoms with Gasteiger partial charge in [-0.05, 0) is 106 Å². The molecule has 48 heavy (non-hydrogen) atoms. The fraction of sp³-hybridized carbons (Fsp3) is 0.444. The van der Waals surface area contributed by atoms with Gasteiger partial charge in [0.15, 0.2) is 0 Å². The van der Waals surface area contributed by atoms with Gasteiger partial charge in [-0.2, -0.15) is 0 Å². The van der Waals surface area contributed by atoms with Crippen molar-refractivity contribution in [2.75, 3.05) is 30.6 Å². The lowest BCUT2D eigenvalue weighted by Gasteiger charge is -2.45. The van der Waals surface area contributed by atoms with E-state index in [0.717, 1.165) is 73.9 Å². The molecule has 3 aliphatic heterocycles. The summed E-state index contributed by atoms with van der Waals surface area (Å²) in [5.41, 5.74) is 2.55. The Morgan fingerprint density at radius 1 is 1.00 bits per heavy atom. The monoisotopic (exact) mass is 695 g/mol. The van der Waals surface area contributed by atoms with Crippen LogP contribution in [0.1, 0.15) is 72.7 Å². The minimum Gasteiger partial charge on any atom is -0.339 e. The van der Waals surface area contributed by atoms with Crippen molar-refractivity contribution >= 4 is 44.3 Å². The first-order valence-corrected chi connectivity index (χ1v) is 18.9. The van der Waals surface area contributed by atoms with Crippen molar-refractivity contribution in [2.45, 2.75) is 75.4 Å². The lowest BCUT2D eigenvalue weighted by atomic mass is 9.70. The summed E-state index contributed by atoms with van der Waals surface area (Å²) in [4.78, 5) is 22.8. The Labute approximate surface area is 285 Å². The molecule has 0 spiro atoms. The fourth-order valence-corrected chi connectivity index (χ4v) is 9.38. The van der Waals surface area contributed by atoms with Crippen LogP contribution >= 0.6 is 11.6 Å². The number of benzene rings is 3. The molecule has 3 atom stereocenters. The van der Waals surface area contributed by atoms with E-state index in [1.807, 2.05) is 12.1 Å². The van der Waals surface area contributed by atoms with Crippen LogP contribution in [0.25, 0.3) is 11.0 Å². The second-order valence-electron chi connectivity index (χ2n) is 13.8. The zero-order valence-corrected chi connectivity index (χ0v) is 28.7. The number of carbonyl (C=O) groups is 1. The van der Waals surface area contributed by atoms with Gasteiger partial charge < -0.3 is 9.47 Å². The molecule has 3 saturated heterocycles. The quantitative estimate of drug-likeness (QED) is 0.213. The van der Waals surface area contributed by atoms with E-state index < -0.39 is 21.7 Å². The van der Waals surface area contributed by atoms with Gasteiger partial charge in [-0.1, -0.05) is 35.9 Å². The van der Waals surface area contributed by atoms with E-state index in [2.05, 4.69) is 39.3 Å². The number of hydrogen-bond donors (Lipinski definition) is 1. The summed E-state index contributed by atoms with van der Waals surface area (Å²) in [6.07, 6.45) is 7.47. The van der Waals surface area contributed by atoms with E-state index in [9.17, 15) is 22.0 Å². The van der Waals surface area contributed by atoms with Gasteiger partial charge in [-0.3, -0.25) is 14.4 Å². The van der Waals surface area contributed by atoms with E-state index in [1.165, 1.54) is 11.6 Å². The van der Waals surface area contributed by atoms with Crippen molar-refractivity contribution in [2.24, 2.45) is 0 Å². The molecule has 4 aromatic rings. The Hall–Kier alpha value is -3.54. The van der Waals surface area contributed by atoms with Crippen molar-refractivity contribution < 1.29 is 22.0 Å². The first kappa shape index (κ1) is 33.0. The molecular formula is C36H40ClF2N5O3S. The van der Waals surface area contributed by atoms with Crippen LogP contribution in [-0.4, -0.2) is 71.6 Å². The molecule has 3 aromatic carbocycles. The first-order chi connectivity index (χ1) is 22.9. The Morgan fingerprint density at radius 3 is 2.40 bits per heavy atom. The Kier molecular flexibility index (Phi) is 8.75. The number of piperidine rings is 2. The summed E-state index contributed by atoms with van der Waals surface area (Å²) < 4.78 is 57.2. The van der Waals surface area contributed by atoms with Crippen LogP contribution in [0.15, 0.2) is 60.7 Å². The molecule has 12 heteroatoms. The van der Waals surface area contributed by atoms with Gasteiger partial charge in [0.25, 0.3) is 5.91 Å². The summed E-state index contributed by atoms with van der Waals surface area (Å²) in [5, 5.41) is -0.0868. The number of fused-ring (bicyclic) bond motifs is 3. The minimum atomic E-state index is -3.77. The SMILES string of the molecule is Cc1nc2ccccc2n1C1C[C@H]2CC[C@@H](C1)N2CCC1(c2cccc(F)c2)CCN(C(=O)c2cc(NS(C)(=O)=O)c(F)cc2Cl)CC1. The molecule has 7 rings (SSSR count). The number of likely N-dealkylation sites (tertiary alicyclic amines) is 1. The smallest absolute Gasteiger partial charge is 0.255 e. The zero-order chi connectivity index (χ0) is 33.8. The molecule has 0 saturated carbocycles. The van der Waals surface area contributed by atoms with E-state index in [0.29, 0.717) is 44.1 Å². The van der Waals surface area contributed by atoms with Crippen molar-refractivity contribution in [3.8, 4) is 0 Å². The first-order valence-electron chi connectivity index (χ1n) is 16.6. The van der Waals surface area contributed by atoms with Gasteiger partial charge in [0.1, 0.15) is 17.5 Å². The maximum absolute atomic E-state index is 14.6. The number of amides is 1. The number of aryl methyl sites for hydroxylation is 1. The summed E-state index contributed by atoms with van der Waals surface area (Å²) in [5.74, 6) is -0.479. The fourth-order valence-electron chi connectivity index (χ4n) is 8.59. The second-order valence-corrected chi connectivity index (χ2v) is 15.9. The number of sulfonamides is 1. The summed E-state index contributed by atoms with van der Waals surface area (Å²) in [6, 6.07) is 18.7. The van der Waals surface area contributed by atoms with Crippen LogP contribution in [0, 0.1) is 18.6 Å². The highest BCUT2D eigenvalue weighted by Crippen LogP contribution is 2.45. The Balaban J connectivity index is 1.08. The van der Waals surface area contributed by atoms with Gasteiger partial charge >= 0.3 is 0 Å². The zero-order valence-electron chi connectivity index (χ0n) is 27.1. The average Bonchev–Trinajstić information content (AvgIpc) is 3.50. The molecule has 3 aliphatic rings. The van der Waals surface area contributed by atoms with Gasteiger partial charge in [0, 0.05) is 31.2 Å². The summed E-state index contributed by atoms with van der Waals surface area (Å²) in [6.45, 7) is 3.80. The Morgan fingerprint density at radius 2 is 1.71 bits per heavy atom. The molecule has 4 heterocycles. The number of nitrogens with zero attached hydrogens (tertiary/aromatic N) is 4. The molecule has 1 N–H and O–H groups in total. The van der Waals surface area contributed by atoms with Gasteiger partial charge in [0.05, 0.1) is 33.6 Å². The number of halogens is 3. The summed E-state index contributed by atoms with van der Waals surface area (Å²) >= 11 is 6.29. The molecule has 1 aromatic heterocycles. The molecule has 3 fully saturated rings. The number of nitrogens with one attached hydrogen (secondary N) is 1.